The molecule has 0 bridgehead atoms. The number of para-hydroxylation sites is 1. The van der Waals surface area contributed by atoms with E-state index in [1.165, 1.54) is 5.39 Å². The van der Waals surface area contributed by atoms with Crippen LogP contribution >= 0.6 is 0 Å². The van der Waals surface area contributed by atoms with Crippen LogP contribution in [0.25, 0.3) is 22.2 Å². The highest BCUT2D eigenvalue weighted by Gasteiger charge is 2.08. The van der Waals surface area contributed by atoms with Gasteiger partial charge < -0.3 is 10.7 Å². The zero-order valence-corrected chi connectivity index (χ0v) is 8.94. The van der Waals surface area contributed by atoms with Gasteiger partial charge in [-0.05, 0) is 6.07 Å². The summed E-state index contributed by atoms with van der Waals surface area (Å²) in [5.41, 5.74) is 8.86. The number of nitrogens with one attached hydrogen (secondary N) is 1. The first-order chi connectivity index (χ1) is 7.75. The number of aromatic nitrogens is 3. The van der Waals surface area contributed by atoms with E-state index < -0.39 is 0 Å². The number of nitrogens with zero attached hydrogens (tertiary/aromatic N) is 2. The number of benzene rings is 1. The summed E-state index contributed by atoms with van der Waals surface area (Å²) in [7, 11) is 1.84. The second-order valence-electron chi connectivity index (χ2n) is 3.83. The third-order valence-electron chi connectivity index (χ3n) is 2.78. The zero-order valence-electron chi connectivity index (χ0n) is 8.94. The molecule has 0 aliphatic heterocycles. The average molecular weight is 212 g/mol. The van der Waals surface area contributed by atoms with Gasteiger partial charge in [0.2, 0.25) is 0 Å². The van der Waals surface area contributed by atoms with Crippen LogP contribution in [-0.4, -0.2) is 14.8 Å². The lowest BCUT2D eigenvalue weighted by Crippen LogP contribution is -1.96. The van der Waals surface area contributed by atoms with Gasteiger partial charge in [0, 0.05) is 30.3 Å². The van der Waals surface area contributed by atoms with Crippen molar-refractivity contribution in [3.63, 3.8) is 0 Å². The number of hydrogen-bond donors (Lipinski definition) is 2. The Balaban J connectivity index is 2.29. The number of fused-ring (bicyclic) bond motifs is 1. The molecule has 0 unspecified atom stereocenters. The fourth-order valence-corrected chi connectivity index (χ4v) is 1.91. The Kier molecular flexibility index (Phi) is 1.77. The van der Waals surface area contributed by atoms with Crippen LogP contribution in [0.2, 0.25) is 0 Å². The molecule has 4 nitrogen and oxygen atoms in total. The largest absolute Gasteiger partial charge is 0.384 e. The first-order valence-electron chi connectivity index (χ1n) is 5.12. The van der Waals surface area contributed by atoms with Crippen molar-refractivity contribution in [3.8, 4) is 11.3 Å². The predicted octanol–water partition coefficient (Wildman–Crippen LogP) is 2.15. The maximum absolute atomic E-state index is 5.79. The molecule has 0 fully saturated rings. The Morgan fingerprint density at radius 2 is 2.19 bits per heavy atom. The molecule has 0 spiro atoms. The normalized spacial score (nSPS) is 11.1. The van der Waals surface area contributed by atoms with Crippen LogP contribution in [0, 0.1) is 0 Å². The molecule has 0 atom stereocenters. The van der Waals surface area contributed by atoms with Crippen LogP contribution in [0.4, 0.5) is 5.82 Å². The second-order valence-corrected chi connectivity index (χ2v) is 3.83. The van der Waals surface area contributed by atoms with Crippen LogP contribution in [0.5, 0.6) is 0 Å². The summed E-state index contributed by atoms with van der Waals surface area (Å²) in [4.78, 5) is 3.23. The molecule has 0 amide bonds. The third kappa shape index (κ3) is 1.20. The Labute approximate surface area is 92.7 Å². The monoisotopic (exact) mass is 212 g/mol. The Bertz CT molecular complexity index is 628. The molecule has 0 saturated carbocycles. The second kappa shape index (κ2) is 3.13. The van der Waals surface area contributed by atoms with Crippen molar-refractivity contribution in [3.05, 3.63) is 36.5 Å². The highest BCUT2D eigenvalue weighted by molar-refractivity contribution is 5.93. The topological polar surface area (TPSA) is 59.6 Å². The molecule has 0 aliphatic carbocycles. The van der Waals surface area contributed by atoms with Gasteiger partial charge in [-0.15, -0.1) is 0 Å². The van der Waals surface area contributed by atoms with Crippen molar-refractivity contribution in [2.45, 2.75) is 0 Å². The fraction of sp³-hybridized carbons (Fsp3) is 0.0833. The lowest BCUT2D eigenvalue weighted by atomic mass is 10.1. The zero-order chi connectivity index (χ0) is 11.1. The maximum Gasteiger partial charge on any atom is 0.121 e. The molecule has 1 aromatic carbocycles. The lowest BCUT2D eigenvalue weighted by Gasteiger charge is -1.98. The Hall–Kier alpha value is -2.23. The van der Waals surface area contributed by atoms with Crippen molar-refractivity contribution in [2.24, 2.45) is 7.05 Å². The first kappa shape index (κ1) is 9.03. The molecule has 0 aliphatic rings. The highest BCUT2D eigenvalue weighted by atomic mass is 15.3. The van der Waals surface area contributed by atoms with Crippen LogP contribution in [0.1, 0.15) is 0 Å². The molecule has 0 saturated heterocycles. The fourth-order valence-electron chi connectivity index (χ4n) is 1.91. The number of hydrogen-bond acceptors (Lipinski definition) is 2. The number of nitrogen functional groups attached to an aromatic ring is 1. The van der Waals surface area contributed by atoms with Crippen LogP contribution in [0.15, 0.2) is 36.5 Å². The summed E-state index contributed by atoms with van der Waals surface area (Å²) < 4.78 is 1.68. The number of H-pyrrole nitrogens is 1. The van der Waals surface area contributed by atoms with Gasteiger partial charge in [0.05, 0.1) is 11.2 Å². The van der Waals surface area contributed by atoms with E-state index in [2.05, 4.69) is 16.1 Å². The summed E-state index contributed by atoms with van der Waals surface area (Å²) in [5, 5.41) is 5.56. The van der Waals surface area contributed by atoms with Crippen LogP contribution in [-0.2, 0) is 7.05 Å². The van der Waals surface area contributed by atoms with E-state index >= 15 is 0 Å². The Morgan fingerprint density at radius 1 is 1.31 bits per heavy atom. The maximum atomic E-state index is 5.79. The highest BCUT2D eigenvalue weighted by Crippen LogP contribution is 2.27. The van der Waals surface area contributed by atoms with Crippen molar-refractivity contribution >= 4 is 16.7 Å². The number of aromatic amines is 1. The van der Waals surface area contributed by atoms with E-state index in [1.807, 2.05) is 37.5 Å². The molecular weight excluding hydrogens is 200 g/mol. The smallest absolute Gasteiger partial charge is 0.121 e. The quantitative estimate of drug-likeness (QED) is 0.649. The molecule has 4 heteroatoms. The molecule has 0 radical (unpaired) electrons. The van der Waals surface area contributed by atoms with E-state index in [0.29, 0.717) is 5.82 Å². The molecular formula is C12H12N4. The third-order valence-corrected chi connectivity index (χ3v) is 2.78. The van der Waals surface area contributed by atoms with Gasteiger partial charge in [0.1, 0.15) is 5.82 Å². The molecule has 16 heavy (non-hydrogen) atoms. The summed E-state index contributed by atoms with van der Waals surface area (Å²) >= 11 is 0. The molecule has 80 valence electrons. The van der Waals surface area contributed by atoms with Gasteiger partial charge in [0.15, 0.2) is 0 Å². The number of anilines is 1. The summed E-state index contributed by atoms with van der Waals surface area (Å²) in [6, 6.07) is 10.1. The standard InChI is InChI=1S/C12H12N4/c1-16-11(13)7-10(15-16)9-4-2-3-8-5-6-14-12(8)9/h2-7,14H,13H2,1H3. The van der Waals surface area contributed by atoms with E-state index in [1.54, 1.807) is 4.68 Å². The molecule has 3 rings (SSSR count). The van der Waals surface area contributed by atoms with Crippen LogP contribution < -0.4 is 5.73 Å². The molecule has 3 aromatic rings. The van der Waals surface area contributed by atoms with Gasteiger partial charge >= 0.3 is 0 Å². The molecule has 3 N–H and O–H groups in total. The summed E-state index contributed by atoms with van der Waals surface area (Å²) in [6.07, 6.45) is 1.93. The minimum absolute atomic E-state index is 0.665. The van der Waals surface area contributed by atoms with E-state index in [4.69, 9.17) is 5.73 Å². The van der Waals surface area contributed by atoms with Gasteiger partial charge in [-0.1, -0.05) is 18.2 Å². The van der Waals surface area contributed by atoms with E-state index in [9.17, 15) is 0 Å². The van der Waals surface area contributed by atoms with Crippen molar-refractivity contribution in [1.29, 1.82) is 0 Å². The number of nitrogens with two attached hydrogens (primary N) is 1. The van der Waals surface area contributed by atoms with Crippen molar-refractivity contribution in [1.82, 2.24) is 14.8 Å². The summed E-state index contributed by atoms with van der Waals surface area (Å²) in [5.74, 6) is 0.665. The van der Waals surface area contributed by atoms with Crippen LogP contribution in [0.3, 0.4) is 0 Å². The minimum atomic E-state index is 0.665. The van der Waals surface area contributed by atoms with Crippen molar-refractivity contribution in [2.75, 3.05) is 5.73 Å². The molecule has 2 aromatic heterocycles. The number of rotatable bonds is 1. The number of aryl methyl sites for hydroxylation is 1. The van der Waals surface area contributed by atoms with Crippen molar-refractivity contribution < 1.29 is 0 Å². The minimum Gasteiger partial charge on any atom is -0.384 e. The van der Waals surface area contributed by atoms with E-state index in [0.717, 1.165) is 16.8 Å². The van der Waals surface area contributed by atoms with Gasteiger partial charge in [-0.2, -0.15) is 5.10 Å². The van der Waals surface area contributed by atoms with Gasteiger partial charge in [-0.3, -0.25) is 4.68 Å². The Morgan fingerprint density at radius 3 is 2.94 bits per heavy atom. The predicted molar refractivity (Wildman–Crippen MR) is 64.9 cm³/mol. The average Bonchev–Trinajstić information content (AvgIpc) is 2.85. The lowest BCUT2D eigenvalue weighted by molar-refractivity contribution is 0.782. The van der Waals surface area contributed by atoms with E-state index in [-0.39, 0.29) is 0 Å². The SMILES string of the molecule is Cn1nc(-c2cccc3cc[nH]c23)cc1N. The van der Waals surface area contributed by atoms with Gasteiger partial charge in [-0.25, -0.2) is 0 Å². The van der Waals surface area contributed by atoms with Gasteiger partial charge in [0.25, 0.3) is 0 Å². The first-order valence-corrected chi connectivity index (χ1v) is 5.12. The summed E-state index contributed by atoms with van der Waals surface area (Å²) in [6.45, 7) is 0. The molecule has 2 heterocycles.